The zero-order valence-corrected chi connectivity index (χ0v) is 26.8. The molecule has 5 heterocycles. The number of carbonyl (C=O) groups is 1. The molecule has 10 nitrogen and oxygen atoms in total. The van der Waals surface area contributed by atoms with E-state index in [0.29, 0.717) is 42.1 Å². The van der Waals surface area contributed by atoms with Crippen LogP contribution in [0.1, 0.15) is 18.4 Å². The number of carbonyl (C=O) groups excluding carboxylic acids is 1. The molecule has 48 heavy (non-hydrogen) atoms. The minimum Gasteiger partial charge on any atom is -0.463 e. The molecule has 0 N–H and O–H groups in total. The maximum atomic E-state index is 16.7. The molecule has 2 bridgehead atoms. The highest BCUT2D eigenvalue weighted by molar-refractivity contribution is 6.00. The van der Waals surface area contributed by atoms with Gasteiger partial charge in [0.25, 0.3) is 0 Å². The number of pyridine rings is 1. The van der Waals surface area contributed by atoms with Crippen molar-refractivity contribution >= 4 is 33.4 Å². The van der Waals surface area contributed by atoms with Crippen molar-refractivity contribution < 1.29 is 23.0 Å². The lowest BCUT2D eigenvalue weighted by Gasteiger charge is -2.39. The lowest BCUT2D eigenvalue weighted by molar-refractivity contribution is -0.128. The Morgan fingerprint density at radius 3 is 2.81 bits per heavy atom. The van der Waals surface area contributed by atoms with Crippen LogP contribution in [0.25, 0.3) is 37.8 Å². The first-order valence-electron chi connectivity index (χ1n) is 16.4. The fourth-order valence-electron chi connectivity index (χ4n) is 7.27. The number of allylic oxidation sites excluding steroid dienone is 1. The van der Waals surface area contributed by atoms with Crippen LogP contribution in [0.2, 0.25) is 0 Å². The second-order valence-electron chi connectivity index (χ2n) is 12.6. The third kappa shape index (κ3) is 6.16. The summed E-state index contributed by atoms with van der Waals surface area (Å²) in [7, 11) is 0. The first-order valence-corrected chi connectivity index (χ1v) is 16.4. The number of benzene rings is 2. The summed E-state index contributed by atoms with van der Waals surface area (Å²) in [4.78, 5) is 36.3. The number of morpholine rings is 1. The van der Waals surface area contributed by atoms with Crippen molar-refractivity contribution in [2.45, 2.75) is 38.0 Å². The van der Waals surface area contributed by atoms with Crippen LogP contribution < -0.4 is 9.64 Å². The van der Waals surface area contributed by atoms with Crippen molar-refractivity contribution in [3.05, 3.63) is 77.5 Å². The number of amides is 1. The summed E-state index contributed by atoms with van der Waals surface area (Å²) in [5, 5.41) is 2.31. The van der Waals surface area contributed by atoms with Gasteiger partial charge in [-0.3, -0.25) is 14.7 Å². The van der Waals surface area contributed by atoms with Gasteiger partial charge < -0.3 is 24.1 Å². The van der Waals surface area contributed by atoms with Gasteiger partial charge in [0.2, 0.25) is 12.5 Å². The van der Waals surface area contributed by atoms with Gasteiger partial charge in [0.05, 0.1) is 24.7 Å². The van der Waals surface area contributed by atoms with Crippen LogP contribution in [0.3, 0.4) is 0 Å². The third-order valence-electron chi connectivity index (χ3n) is 9.56. The molecule has 1 amide bonds. The molecule has 0 saturated carbocycles. The van der Waals surface area contributed by atoms with E-state index < -0.39 is 18.5 Å². The van der Waals surface area contributed by atoms with E-state index in [1.165, 1.54) is 6.08 Å². The standard InChI is InChI=1S/C36H37F2N7O3/c1-23-7-3-8-24-9-4-10-28(31(23)24)33-32(38)34-29(19-40-33)35(44-14-15-45(26(20-44)18-39-2)30(46)11-5-12-37)42-36(41-34)47-16-6-13-43-21-27-17-25(43)22-48-27/h3-5,7-11,19,25-27H,6,12-18,20-22H2,1H3/b11-5+/t25-,26-,27-/m0/s1. The summed E-state index contributed by atoms with van der Waals surface area (Å²) in [6.07, 6.45) is 6.11. The topological polar surface area (TPSA) is 88.3 Å². The van der Waals surface area contributed by atoms with Gasteiger partial charge >= 0.3 is 6.01 Å². The summed E-state index contributed by atoms with van der Waals surface area (Å²) < 4.78 is 41.3. The highest BCUT2D eigenvalue weighted by Gasteiger charge is 2.38. The Labute approximate surface area is 277 Å². The predicted molar refractivity (Wildman–Crippen MR) is 179 cm³/mol. The molecule has 0 spiro atoms. The van der Waals surface area contributed by atoms with E-state index in [0.717, 1.165) is 54.9 Å². The average Bonchev–Trinajstić information content (AvgIpc) is 3.73. The van der Waals surface area contributed by atoms with E-state index in [-0.39, 0.29) is 42.8 Å². The largest absolute Gasteiger partial charge is 0.463 e. The van der Waals surface area contributed by atoms with Gasteiger partial charge in [-0.15, -0.1) is 0 Å². The van der Waals surface area contributed by atoms with E-state index in [9.17, 15) is 9.18 Å². The van der Waals surface area contributed by atoms with Crippen LogP contribution in [0.5, 0.6) is 6.01 Å². The maximum Gasteiger partial charge on any atom is 0.319 e. The maximum absolute atomic E-state index is 16.7. The third-order valence-corrected chi connectivity index (χ3v) is 9.56. The molecular formula is C36H37F2N7O3. The number of nitrogens with zero attached hydrogens (tertiary/aromatic N) is 7. The molecule has 4 aromatic rings. The number of aromatic nitrogens is 3. The van der Waals surface area contributed by atoms with Crippen molar-refractivity contribution in [2.75, 3.05) is 64.1 Å². The van der Waals surface area contributed by atoms with Crippen molar-refractivity contribution in [1.82, 2.24) is 24.8 Å². The van der Waals surface area contributed by atoms with Gasteiger partial charge in [-0.25, -0.2) is 15.4 Å². The number of alkyl halides is 1. The van der Waals surface area contributed by atoms with Crippen LogP contribution in [0.4, 0.5) is 14.6 Å². The Morgan fingerprint density at radius 1 is 1.19 bits per heavy atom. The van der Waals surface area contributed by atoms with Gasteiger partial charge in [0, 0.05) is 56.6 Å². The predicted octanol–water partition coefficient (Wildman–Crippen LogP) is 5.00. The number of fused-ring (bicyclic) bond motifs is 4. The minimum absolute atomic E-state index is 0.0542. The number of ether oxygens (including phenoxy) is 2. The first kappa shape index (κ1) is 31.8. The van der Waals surface area contributed by atoms with Gasteiger partial charge in [0.15, 0.2) is 5.82 Å². The molecule has 0 unspecified atom stereocenters. The summed E-state index contributed by atoms with van der Waals surface area (Å²) in [6, 6.07) is 11.8. The number of aryl methyl sites for hydroxylation is 1. The van der Waals surface area contributed by atoms with Gasteiger partial charge in [0.1, 0.15) is 29.7 Å². The zero-order chi connectivity index (χ0) is 33.2. The van der Waals surface area contributed by atoms with Crippen molar-refractivity contribution in [2.24, 2.45) is 0 Å². The monoisotopic (exact) mass is 653 g/mol. The van der Waals surface area contributed by atoms with Gasteiger partial charge in [-0.2, -0.15) is 9.97 Å². The lowest BCUT2D eigenvalue weighted by atomic mass is 9.97. The van der Waals surface area contributed by atoms with Crippen LogP contribution in [-0.4, -0.2) is 108 Å². The van der Waals surface area contributed by atoms with E-state index in [4.69, 9.17) is 21.0 Å². The van der Waals surface area contributed by atoms with E-state index in [1.54, 1.807) is 11.1 Å². The molecular weight excluding hydrogens is 616 g/mol. The number of likely N-dealkylation sites (tertiary alicyclic amines) is 1. The molecule has 3 atom stereocenters. The summed E-state index contributed by atoms with van der Waals surface area (Å²) >= 11 is 0. The molecule has 3 aliphatic heterocycles. The van der Waals surface area contributed by atoms with Crippen molar-refractivity contribution in [3.8, 4) is 17.3 Å². The molecule has 3 aliphatic rings. The summed E-state index contributed by atoms with van der Waals surface area (Å²) in [6.45, 7) is 12.6. The Balaban J connectivity index is 1.23. The van der Waals surface area contributed by atoms with Crippen LogP contribution in [-0.2, 0) is 9.53 Å². The Bertz CT molecular complexity index is 1910. The van der Waals surface area contributed by atoms with E-state index in [1.807, 2.05) is 48.2 Å². The Kier molecular flexibility index (Phi) is 9.15. The quantitative estimate of drug-likeness (QED) is 0.134. The van der Waals surface area contributed by atoms with Crippen LogP contribution in [0, 0.1) is 19.3 Å². The molecule has 248 valence electrons. The molecule has 2 aromatic heterocycles. The number of hydrogen-bond acceptors (Lipinski definition) is 8. The van der Waals surface area contributed by atoms with Crippen molar-refractivity contribution in [1.29, 1.82) is 0 Å². The normalized spacial score (nSPS) is 21.1. The number of piperazine rings is 1. The number of anilines is 1. The molecule has 0 radical (unpaired) electrons. The summed E-state index contributed by atoms with van der Waals surface area (Å²) in [5.41, 5.74) is 1.95. The van der Waals surface area contributed by atoms with Gasteiger partial charge in [-0.1, -0.05) is 36.4 Å². The second-order valence-corrected chi connectivity index (χ2v) is 12.6. The molecule has 3 fully saturated rings. The van der Waals surface area contributed by atoms with Crippen LogP contribution >= 0.6 is 0 Å². The van der Waals surface area contributed by atoms with E-state index >= 15 is 4.39 Å². The molecule has 2 aromatic carbocycles. The SMILES string of the molecule is [C-]#[N+]C[C@H]1CN(c2nc(OCCCN3C[C@@H]4C[C@H]3CO4)nc3c(F)c(-c4cccc5cccc(C)c45)ncc23)CCN1C(=O)/C=C/CF. The fourth-order valence-corrected chi connectivity index (χ4v) is 7.27. The Morgan fingerprint density at radius 2 is 2.04 bits per heavy atom. The highest BCUT2D eigenvalue weighted by Crippen LogP contribution is 2.36. The average molecular weight is 654 g/mol. The molecule has 3 saturated heterocycles. The number of hydrogen-bond donors (Lipinski definition) is 0. The highest BCUT2D eigenvalue weighted by atomic mass is 19.1. The van der Waals surface area contributed by atoms with Crippen molar-refractivity contribution in [3.63, 3.8) is 0 Å². The molecule has 12 heteroatoms. The van der Waals surface area contributed by atoms with Gasteiger partial charge in [-0.05, 0) is 42.2 Å². The lowest BCUT2D eigenvalue weighted by Crippen LogP contribution is -2.56. The molecule has 7 rings (SSSR count). The second kappa shape index (κ2) is 13.8. The zero-order valence-electron chi connectivity index (χ0n) is 26.8. The Hall–Kier alpha value is -4.73. The number of halogens is 2. The molecule has 0 aliphatic carbocycles. The summed E-state index contributed by atoms with van der Waals surface area (Å²) in [5.74, 6) is -0.497. The fraction of sp³-hybridized carbons (Fsp3) is 0.417. The first-order chi connectivity index (χ1) is 23.4. The smallest absolute Gasteiger partial charge is 0.319 e. The van der Waals surface area contributed by atoms with E-state index in [2.05, 4.69) is 19.7 Å². The van der Waals surface area contributed by atoms with Crippen LogP contribution in [0.15, 0.2) is 54.7 Å². The number of rotatable bonds is 10. The minimum atomic E-state index is -0.749.